The van der Waals surface area contributed by atoms with Crippen LogP contribution < -0.4 is 5.32 Å². The average Bonchev–Trinajstić information content (AvgIpc) is 3.02. The third-order valence-corrected chi connectivity index (χ3v) is 3.01. The van der Waals surface area contributed by atoms with Gasteiger partial charge in [0.15, 0.2) is 5.65 Å². The van der Waals surface area contributed by atoms with Crippen LogP contribution in [0.25, 0.3) is 11.0 Å². The minimum Gasteiger partial charge on any atom is -0.467 e. The lowest BCUT2D eigenvalue weighted by molar-refractivity contribution is 0.0943. The number of aromatic nitrogens is 3. The molecule has 102 valence electrons. The Labute approximate surface area is 115 Å². The van der Waals surface area contributed by atoms with Crippen LogP contribution in [0.4, 0.5) is 5.82 Å². The van der Waals surface area contributed by atoms with Crippen molar-refractivity contribution in [1.29, 1.82) is 0 Å². The standard InChI is InChI=1S/C14H14N4O2/c1-19-12(11-5-3-7-20-11)8-16-14-10-4-2-6-15-13(10)17-9-18-14/h2-7,9,12H,8H2,1H3,(H,15,16,17,18). The van der Waals surface area contributed by atoms with Gasteiger partial charge in [0, 0.05) is 19.9 Å². The number of furan rings is 1. The number of fused-ring (bicyclic) bond motifs is 1. The second-order valence-electron chi connectivity index (χ2n) is 4.22. The van der Waals surface area contributed by atoms with Crippen LogP contribution in [0.1, 0.15) is 11.9 Å². The number of methoxy groups -OCH3 is 1. The average molecular weight is 270 g/mol. The van der Waals surface area contributed by atoms with Crippen LogP contribution >= 0.6 is 0 Å². The van der Waals surface area contributed by atoms with E-state index in [2.05, 4.69) is 20.3 Å². The summed E-state index contributed by atoms with van der Waals surface area (Å²) in [6, 6.07) is 7.51. The van der Waals surface area contributed by atoms with Crippen LogP contribution in [0, 0.1) is 0 Å². The maximum Gasteiger partial charge on any atom is 0.164 e. The van der Waals surface area contributed by atoms with Crippen LogP contribution in [-0.4, -0.2) is 28.6 Å². The Bertz CT molecular complexity index is 679. The molecule has 0 spiro atoms. The monoisotopic (exact) mass is 270 g/mol. The summed E-state index contributed by atoms with van der Waals surface area (Å²) in [7, 11) is 1.65. The topological polar surface area (TPSA) is 73.1 Å². The predicted molar refractivity (Wildman–Crippen MR) is 74.3 cm³/mol. The minimum absolute atomic E-state index is 0.174. The highest BCUT2D eigenvalue weighted by Gasteiger charge is 2.14. The quantitative estimate of drug-likeness (QED) is 0.767. The van der Waals surface area contributed by atoms with Crippen molar-refractivity contribution >= 4 is 16.9 Å². The number of nitrogens with one attached hydrogen (secondary N) is 1. The van der Waals surface area contributed by atoms with Crippen LogP contribution in [0.5, 0.6) is 0 Å². The molecule has 0 saturated carbocycles. The maximum absolute atomic E-state index is 5.41. The molecule has 0 bridgehead atoms. The van der Waals surface area contributed by atoms with E-state index >= 15 is 0 Å². The van der Waals surface area contributed by atoms with Gasteiger partial charge in [-0.1, -0.05) is 0 Å². The zero-order valence-electron chi connectivity index (χ0n) is 11.0. The first kappa shape index (κ1) is 12.6. The summed E-state index contributed by atoms with van der Waals surface area (Å²) in [4.78, 5) is 12.6. The molecule has 3 aromatic heterocycles. The van der Waals surface area contributed by atoms with Crippen molar-refractivity contribution in [3.63, 3.8) is 0 Å². The number of rotatable bonds is 5. The van der Waals surface area contributed by atoms with Gasteiger partial charge in [0.25, 0.3) is 0 Å². The largest absolute Gasteiger partial charge is 0.467 e. The van der Waals surface area contributed by atoms with Gasteiger partial charge in [0.05, 0.1) is 11.6 Å². The van der Waals surface area contributed by atoms with Gasteiger partial charge in [-0.25, -0.2) is 15.0 Å². The normalized spacial score (nSPS) is 12.4. The van der Waals surface area contributed by atoms with Crippen LogP contribution in [0.2, 0.25) is 0 Å². The number of anilines is 1. The van der Waals surface area contributed by atoms with Crippen molar-refractivity contribution in [2.24, 2.45) is 0 Å². The van der Waals surface area contributed by atoms with Gasteiger partial charge in [-0.15, -0.1) is 0 Å². The van der Waals surface area contributed by atoms with E-state index < -0.39 is 0 Å². The molecule has 3 heterocycles. The molecule has 0 radical (unpaired) electrons. The van der Waals surface area contributed by atoms with E-state index in [0.717, 1.165) is 17.0 Å². The first-order valence-electron chi connectivity index (χ1n) is 6.24. The Balaban J connectivity index is 1.80. The molecule has 3 rings (SSSR count). The molecule has 1 atom stereocenters. The highest BCUT2D eigenvalue weighted by atomic mass is 16.5. The molecule has 0 saturated heterocycles. The van der Waals surface area contributed by atoms with E-state index in [1.807, 2.05) is 24.3 Å². The number of nitrogens with zero attached hydrogens (tertiary/aromatic N) is 3. The Morgan fingerprint density at radius 1 is 1.25 bits per heavy atom. The van der Waals surface area contributed by atoms with Crippen molar-refractivity contribution in [2.45, 2.75) is 6.10 Å². The summed E-state index contributed by atoms with van der Waals surface area (Å²) in [5.74, 6) is 1.51. The first-order chi connectivity index (χ1) is 9.88. The molecule has 20 heavy (non-hydrogen) atoms. The van der Waals surface area contributed by atoms with Gasteiger partial charge in [0.2, 0.25) is 0 Å². The van der Waals surface area contributed by atoms with E-state index in [-0.39, 0.29) is 6.10 Å². The first-order valence-corrected chi connectivity index (χ1v) is 6.24. The van der Waals surface area contributed by atoms with Gasteiger partial charge in [-0.2, -0.15) is 0 Å². The van der Waals surface area contributed by atoms with Gasteiger partial charge in [-0.05, 0) is 24.3 Å². The van der Waals surface area contributed by atoms with Gasteiger partial charge in [-0.3, -0.25) is 0 Å². The summed E-state index contributed by atoms with van der Waals surface area (Å²) in [6.07, 6.45) is 4.66. The van der Waals surface area contributed by atoms with Crippen molar-refractivity contribution in [2.75, 3.05) is 19.0 Å². The molecule has 0 aliphatic heterocycles. The van der Waals surface area contributed by atoms with Gasteiger partial charge in [0.1, 0.15) is 24.0 Å². The summed E-state index contributed by atoms with van der Waals surface area (Å²) < 4.78 is 10.8. The van der Waals surface area contributed by atoms with E-state index in [1.165, 1.54) is 6.33 Å². The molecule has 1 unspecified atom stereocenters. The Kier molecular flexibility index (Phi) is 3.56. The predicted octanol–water partition coefficient (Wildman–Crippen LogP) is 2.42. The SMILES string of the molecule is COC(CNc1ncnc2ncccc12)c1ccco1. The lowest BCUT2D eigenvalue weighted by Crippen LogP contribution is -2.15. The summed E-state index contributed by atoms with van der Waals surface area (Å²) in [5.41, 5.74) is 0.664. The Morgan fingerprint density at radius 3 is 3.00 bits per heavy atom. The second kappa shape index (κ2) is 5.66. The number of pyridine rings is 1. The molecule has 0 aliphatic rings. The number of ether oxygens (including phenoxy) is 1. The summed E-state index contributed by atoms with van der Waals surface area (Å²) >= 11 is 0. The van der Waals surface area contributed by atoms with Crippen LogP contribution in [-0.2, 0) is 4.74 Å². The van der Waals surface area contributed by atoms with Crippen molar-refractivity contribution < 1.29 is 9.15 Å². The molecule has 3 aromatic rings. The van der Waals surface area contributed by atoms with Gasteiger partial charge >= 0.3 is 0 Å². The van der Waals surface area contributed by atoms with Crippen molar-refractivity contribution in [1.82, 2.24) is 15.0 Å². The third-order valence-electron chi connectivity index (χ3n) is 3.01. The maximum atomic E-state index is 5.41. The lowest BCUT2D eigenvalue weighted by atomic mass is 10.2. The second-order valence-corrected chi connectivity index (χ2v) is 4.22. The van der Waals surface area contributed by atoms with E-state index in [4.69, 9.17) is 9.15 Å². The zero-order valence-corrected chi connectivity index (χ0v) is 11.0. The van der Waals surface area contributed by atoms with E-state index in [9.17, 15) is 0 Å². The molecule has 0 aromatic carbocycles. The van der Waals surface area contributed by atoms with Crippen molar-refractivity contribution in [3.8, 4) is 0 Å². The lowest BCUT2D eigenvalue weighted by Gasteiger charge is -2.14. The minimum atomic E-state index is -0.174. The van der Waals surface area contributed by atoms with Gasteiger partial charge < -0.3 is 14.5 Å². The zero-order chi connectivity index (χ0) is 13.8. The fourth-order valence-corrected chi connectivity index (χ4v) is 2.00. The van der Waals surface area contributed by atoms with Crippen molar-refractivity contribution in [3.05, 3.63) is 48.8 Å². The molecular weight excluding hydrogens is 256 g/mol. The molecule has 1 N–H and O–H groups in total. The Hall–Kier alpha value is -2.47. The molecule has 6 nitrogen and oxygen atoms in total. The fourth-order valence-electron chi connectivity index (χ4n) is 2.00. The molecule has 6 heteroatoms. The molecule has 0 amide bonds. The number of hydrogen-bond acceptors (Lipinski definition) is 6. The van der Waals surface area contributed by atoms with Crippen LogP contribution in [0.3, 0.4) is 0 Å². The highest BCUT2D eigenvalue weighted by Crippen LogP contribution is 2.20. The summed E-state index contributed by atoms with van der Waals surface area (Å²) in [6.45, 7) is 0.547. The van der Waals surface area contributed by atoms with E-state index in [0.29, 0.717) is 12.2 Å². The van der Waals surface area contributed by atoms with Crippen LogP contribution in [0.15, 0.2) is 47.5 Å². The Morgan fingerprint density at radius 2 is 2.20 bits per heavy atom. The number of hydrogen-bond donors (Lipinski definition) is 1. The molecular formula is C14H14N4O2. The smallest absolute Gasteiger partial charge is 0.164 e. The third kappa shape index (κ3) is 2.46. The summed E-state index contributed by atoms with van der Waals surface area (Å²) in [5, 5.41) is 4.13. The molecule has 0 aliphatic carbocycles. The fraction of sp³-hybridized carbons (Fsp3) is 0.214. The van der Waals surface area contributed by atoms with E-state index in [1.54, 1.807) is 19.6 Å². The molecule has 0 fully saturated rings. The highest BCUT2D eigenvalue weighted by molar-refractivity contribution is 5.85.